The Morgan fingerprint density at radius 1 is 1.33 bits per heavy atom. The van der Waals surface area contributed by atoms with Crippen LogP contribution in [0.3, 0.4) is 0 Å². The average molecular weight is 284 g/mol. The van der Waals surface area contributed by atoms with E-state index in [-0.39, 0.29) is 12.1 Å². The molecule has 2 N–H and O–H groups in total. The van der Waals surface area contributed by atoms with Crippen molar-refractivity contribution in [3.05, 3.63) is 42.1 Å². The predicted molar refractivity (Wildman–Crippen MR) is 80.1 cm³/mol. The lowest BCUT2D eigenvalue weighted by molar-refractivity contribution is 0.150. The molecular formula is C15H16N4O2. The maximum absolute atomic E-state index is 12.0. The van der Waals surface area contributed by atoms with Crippen molar-refractivity contribution in [3.63, 3.8) is 0 Å². The number of aliphatic imine (C=N–C) groups is 1. The van der Waals surface area contributed by atoms with E-state index >= 15 is 0 Å². The number of pyridine rings is 1. The smallest absolute Gasteiger partial charge is 0.346 e. The van der Waals surface area contributed by atoms with E-state index in [0.29, 0.717) is 19.0 Å². The van der Waals surface area contributed by atoms with Crippen LogP contribution in [0.4, 0.5) is 4.79 Å². The number of hydrogen-bond acceptors (Lipinski definition) is 4. The van der Waals surface area contributed by atoms with Crippen LogP contribution >= 0.6 is 0 Å². The zero-order valence-corrected chi connectivity index (χ0v) is 11.7. The van der Waals surface area contributed by atoms with Gasteiger partial charge in [0.2, 0.25) is 0 Å². The number of nitrogens with zero attached hydrogens (tertiary/aromatic N) is 3. The molecule has 0 bridgehead atoms. The summed E-state index contributed by atoms with van der Waals surface area (Å²) < 4.78 is 5.06. The lowest BCUT2D eigenvalue weighted by Gasteiger charge is -2.24. The van der Waals surface area contributed by atoms with Crippen LogP contribution in [0.1, 0.15) is 11.6 Å². The fourth-order valence-electron chi connectivity index (χ4n) is 2.60. The summed E-state index contributed by atoms with van der Waals surface area (Å²) in [5.74, 6) is 0.300. The molecule has 1 aliphatic rings. The number of carbonyl (C=O) groups excluding carboxylic acids is 1. The highest BCUT2D eigenvalue weighted by atomic mass is 16.5. The van der Waals surface area contributed by atoms with Crippen LogP contribution in [0.2, 0.25) is 0 Å². The Balaban J connectivity index is 2.07. The van der Waals surface area contributed by atoms with Crippen molar-refractivity contribution in [2.75, 3.05) is 20.3 Å². The van der Waals surface area contributed by atoms with Crippen molar-refractivity contribution >= 4 is 22.8 Å². The Hall–Kier alpha value is -2.47. The number of para-hydroxylation sites is 1. The van der Waals surface area contributed by atoms with Crippen molar-refractivity contribution in [2.45, 2.75) is 6.04 Å². The number of aromatic nitrogens is 1. The maximum atomic E-state index is 12.0. The van der Waals surface area contributed by atoms with Crippen LogP contribution in [-0.2, 0) is 4.74 Å². The summed E-state index contributed by atoms with van der Waals surface area (Å²) in [6.45, 7) is 0.872. The van der Waals surface area contributed by atoms with Crippen molar-refractivity contribution in [1.82, 2.24) is 9.88 Å². The molecule has 2 aromatic rings. The number of rotatable bonds is 4. The molecule has 0 saturated carbocycles. The molecular weight excluding hydrogens is 268 g/mol. The van der Waals surface area contributed by atoms with E-state index in [9.17, 15) is 4.79 Å². The highest BCUT2D eigenvalue weighted by Gasteiger charge is 2.35. The van der Waals surface area contributed by atoms with E-state index in [1.165, 1.54) is 0 Å². The third-order valence-electron chi connectivity index (χ3n) is 3.56. The molecule has 1 aromatic heterocycles. The molecule has 0 spiro atoms. The van der Waals surface area contributed by atoms with Crippen molar-refractivity contribution < 1.29 is 9.53 Å². The molecule has 21 heavy (non-hydrogen) atoms. The summed E-state index contributed by atoms with van der Waals surface area (Å²) in [6, 6.07) is 9.00. The second-order valence-corrected chi connectivity index (χ2v) is 4.83. The molecule has 2 heterocycles. The van der Waals surface area contributed by atoms with E-state index in [1.807, 2.05) is 30.3 Å². The van der Waals surface area contributed by atoms with E-state index in [2.05, 4.69) is 9.98 Å². The van der Waals surface area contributed by atoms with Gasteiger partial charge in [0.05, 0.1) is 12.1 Å². The van der Waals surface area contributed by atoms with Crippen LogP contribution in [0, 0.1) is 0 Å². The Kier molecular flexibility index (Phi) is 3.53. The number of carbonyl (C=O) groups is 1. The minimum atomic E-state index is -0.383. The summed E-state index contributed by atoms with van der Waals surface area (Å²) in [4.78, 5) is 21.9. The van der Waals surface area contributed by atoms with Gasteiger partial charge in [-0.15, -0.1) is 0 Å². The molecule has 6 nitrogen and oxygen atoms in total. The van der Waals surface area contributed by atoms with Crippen LogP contribution < -0.4 is 5.73 Å². The fourth-order valence-corrected chi connectivity index (χ4v) is 2.60. The van der Waals surface area contributed by atoms with Gasteiger partial charge in [0.15, 0.2) is 0 Å². The van der Waals surface area contributed by atoms with Gasteiger partial charge in [0.25, 0.3) is 0 Å². The topological polar surface area (TPSA) is 80.8 Å². The van der Waals surface area contributed by atoms with Gasteiger partial charge in [-0.1, -0.05) is 24.3 Å². The number of methoxy groups -OCH3 is 1. The van der Waals surface area contributed by atoms with Gasteiger partial charge in [-0.3, -0.25) is 4.98 Å². The number of nitrogens with two attached hydrogens (primary N) is 1. The van der Waals surface area contributed by atoms with Crippen molar-refractivity contribution in [1.29, 1.82) is 0 Å². The Labute approximate surface area is 122 Å². The van der Waals surface area contributed by atoms with Gasteiger partial charge in [-0.2, -0.15) is 4.99 Å². The highest BCUT2D eigenvalue weighted by molar-refractivity contribution is 6.05. The third-order valence-corrected chi connectivity index (χ3v) is 3.56. The summed E-state index contributed by atoms with van der Waals surface area (Å²) in [7, 11) is 1.60. The van der Waals surface area contributed by atoms with Crippen molar-refractivity contribution in [2.24, 2.45) is 10.7 Å². The molecule has 0 aliphatic carbocycles. The number of amidine groups is 1. The summed E-state index contributed by atoms with van der Waals surface area (Å²) in [5.41, 5.74) is 7.69. The monoisotopic (exact) mass is 284 g/mol. The van der Waals surface area contributed by atoms with Crippen LogP contribution in [0.5, 0.6) is 0 Å². The van der Waals surface area contributed by atoms with Gasteiger partial charge in [0, 0.05) is 30.8 Å². The third kappa shape index (κ3) is 2.34. The first-order valence-corrected chi connectivity index (χ1v) is 6.69. The molecule has 0 radical (unpaired) electrons. The zero-order valence-electron chi connectivity index (χ0n) is 11.7. The van der Waals surface area contributed by atoms with E-state index in [1.54, 1.807) is 18.2 Å². The Morgan fingerprint density at radius 2 is 2.14 bits per heavy atom. The maximum Gasteiger partial charge on any atom is 0.346 e. The van der Waals surface area contributed by atoms with Crippen LogP contribution in [0.15, 0.2) is 41.5 Å². The molecule has 2 amide bonds. The van der Waals surface area contributed by atoms with Gasteiger partial charge in [0.1, 0.15) is 11.9 Å². The van der Waals surface area contributed by atoms with Gasteiger partial charge >= 0.3 is 6.03 Å². The minimum Gasteiger partial charge on any atom is -0.385 e. The van der Waals surface area contributed by atoms with Crippen LogP contribution in [0.25, 0.3) is 10.9 Å². The quantitative estimate of drug-likeness (QED) is 0.926. The number of benzene rings is 1. The van der Waals surface area contributed by atoms with E-state index < -0.39 is 0 Å². The largest absolute Gasteiger partial charge is 0.385 e. The first kappa shape index (κ1) is 13.5. The number of fused-ring (bicyclic) bond motifs is 1. The van der Waals surface area contributed by atoms with E-state index in [4.69, 9.17) is 10.5 Å². The Bertz CT molecular complexity index is 708. The molecule has 1 aromatic carbocycles. The zero-order chi connectivity index (χ0) is 14.8. The van der Waals surface area contributed by atoms with Gasteiger partial charge in [-0.25, -0.2) is 4.79 Å². The molecule has 0 saturated heterocycles. The van der Waals surface area contributed by atoms with Crippen LogP contribution in [-0.4, -0.2) is 42.0 Å². The number of hydrogen-bond donors (Lipinski definition) is 1. The lowest BCUT2D eigenvalue weighted by Crippen LogP contribution is -2.35. The normalized spacial score (nSPS) is 18.3. The summed E-state index contributed by atoms with van der Waals surface area (Å²) in [6.07, 6.45) is 1.73. The molecule has 6 heteroatoms. The molecule has 1 aliphatic heterocycles. The summed E-state index contributed by atoms with van der Waals surface area (Å²) in [5, 5.41) is 1.01. The average Bonchev–Trinajstić information content (AvgIpc) is 2.78. The Morgan fingerprint density at radius 3 is 2.95 bits per heavy atom. The molecule has 1 atom stereocenters. The SMILES string of the molecule is COCCN1C(=O)N=C(N)C1c1cccc2cccnc12. The number of ether oxygens (including phenoxy) is 1. The first-order valence-electron chi connectivity index (χ1n) is 6.69. The first-order chi connectivity index (χ1) is 10.2. The van der Waals surface area contributed by atoms with Gasteiger partial charge < -0.3 is 15.4 Å². The molecule has 0 fully saturated rings. The second-order valence-electron chi connectivity index (χ2n) is 4.83. The van der Waals surface area contributed by atoms with E-state index in [0.717, 1.165) is 16.5 Å². The van der Waals surface area contributed by atoms with Crippen molar-refractivity contribution in [3.8, 4) is 0 Å². The second kappa shape index (κ2) is 5.49. The minimum absolute atomic E-state index is 0.300. The standard InChI is InChI=1S/C15H16N4O2/c1-21-9-8-19-13(14(16)18-15(19)20)11-6-2-4-10-5-3-7-17-12(10)11/h2-7,13H,8-9H2,1H3,(H2,16,18,20). The molecule has 1 unspecified atom stereocenters. The fraction of sp³-hybridized carbons (Fsp3) is 0.267. The highest BCUT2D eigenvalue weighted by Crippen LogP contribution is 2.30. The predicted octanol–water partition coefficient (Wildman–Crippen LogP) is 1.72. The molecule has 3 rings (SSSR count). The lowest BCUT2D eigenvalue weighted by atomic mass is 10.0. The molecule has 108 valence electrons. The van der Waals surface area contributed by atoms with Gasteiger partial charge in [-0.05, 0) is 6.07 Å². The number of urea groups is 1. The number of amides is 2. The summed E-state index contributed by atoms with van der Waals surface area (Å²) >= 11 is 0.